The molecule has 0 unspecified atom stereocenters. The lowest BCUT2D eigenvalue weighted by atomic mass is 9.93. The smallest absolute Gasteiger partial charge is 0.274 e. The number of anilines is 3. The Hall–Kier alpha value is -3.44. The molecular formula is C23H25F3N6O3. The third-order valence-electron chi connectivity index (χ3n) is 7.30. The summed E-state index contributed by atoms with van der Waals surface area (Å²) in [5.41, 5.74) is -0.251. The molecule has 1 N–H and O–H groups in total. The summed E-state index contributed by atoms with van der Waals surface area (Å²) in [5.74, 6) is -4.28. The molecule has 1 amide bonds. The summed E-state index contributed by atoms with van der Waals surface area (Å²) in [6.07, 6.45) is 4.87. The van der Waals surface area contributed by atoms with Crippen molar-refractivity contribution in [2.24, 2.45) is 5.41 Å². The number of rotatable bonds is 5. The Labute approximate surface area is 199 Å². The van der Waals surface area contributed by atoms with Crippen molar-refractivity contribution in [3.05, 3.63) is 45.9 Å². The Kier molecular flexibility index (Phi) is 5.76. The van der Waals surface area contributed by atoms with Gasteiger partial charge in [-0.15, -0.1) is 0 Å². The van der Waals surface area contributed by atoms with Crippen LogP contribution < -0.4 is 15.1 Å². The zero-order valence-electron chi connectivity index (χ0n) is 19.0. The molecule has 12 heteroatoms. The van der Waals surface area contributed by atoms with Gasteiger partial charge in [-0.25, -0.2) is 18.2 Å². The number of non-ortho nitro benzene ring substituents is 1. The summed E-state index contributed by atoms with van der Waals surface area (Å²) >= 11 is 0. The predicted octanol–water partition coefficient (Wildman–Crippen LogP) is 4.39. The van der Waals surface area contributed by atoms with E-state index in [1.54, 1.807) is 11.0 Å². The van der Waals surface area contributed by atoms with Gasteiger partial charge >= 0.3 is 0 Å². The molecule has 35 heavy (non-hydrogen) atoms. The molecule has 186 valence electrons. The van der Waals surface area contributed by atoms with E-state index >= 15 is 4.39 Å². The van der Waals surface area contributed by atoms with Gasteiger partial charge in [0.1, 0.15) is 11.6 Å². The van der Waals surface area contributed by atoms with Gasteiger partial charge < -0.3 is 9.80 Å². The van der Waals surface area contributed by atoms with Crippen LogP contribution in [0.3, 0.4) is 0 Å². The second kappa shape index (κ2) is 8.65. The minimum Gasteiger partial charge on any atom is -0.371 e. The molecule has 2 saturated heterocycles. The van der Waals surface area contributed by atoms with Gasteiger partial charge in [0.25, 0.3) is 17.5 Å². The Balaban J connectivity index is 1.39. The molecule has 1 aromatic carbocycles. The highest BCUT2D eigenvalue weighted by Crippen LogP contribution is 2.54. The van der Waals surface area contributed by atoms with E-state index in [9.17, 15) is 23.7 Å². The number of amides is 1. The van der Waals surface area contributed by atoms with Gasteiger partial charge in [-0.05, 0) is 37.2 Å². The van der Waals surface area contributed by atoms with Crippen LogP contribution in [0.5, 0.6) is 0 Å². The number of nitro groups is 1. The lowest BCUT2D eigenvalue weighted by Gasteiger charge is -2.34. The van der Waals surface area contributed by atoms with E-state index < -0.39 is 28.3 Å². The average molecular weight is 490 g/mol. The molecule has 1 spiro atoms. The largest absolute Gasteiger partial charge is 0.371 e. The summed E-state index contributed by atoms with van der Waals surface area (Å²) in [5, 5.41) is 13.8. The molecule has 2 aliphatic heterocycles. The Morgan fingerprint density at radius 3 is 2.31 bits per heavy atom. The maximum atomic E-state index is 15.1. The number of carbonyl (C=O) groups excluding carboxylic acids is 1. The van der Waals surface area contributed by atoms with E-state index in [4.69, 9.17) is 0 Å². The Morgan fingerprint density at radius 1 is 1.03 bits per heavy atom. The summed E-state index contributed by atoms with van der Waals surface area (Å²) in [6.45, 7) is 1.36. The molecule has 1 saturated carbocycles. The number of hydrogen-bond acceptors (Lipinski definition) is 7. The number of hydrogen-bond donors (Lipinski definition) is 1. The molecule has 3 fully saturated rings. The van der Waals surface area contributed by atoms with Gasteiger partial charge in [0, 0.05) is 51.3 Å². The Morgan fingerprint density at radius 2 is 1.69 bits per heavy atom. The lowest BCUT2D eigenvalue weighted by molar-refractivity contribution is -0.385. The molecule has 5 rings (SSSR count). The highest BCUT2D eigenvalue weighted by Gasteiger charge is 2.45. The van der Waals surface area contributed by atoms with Crippen LogP contribution in [0, 0.1) is 21.3 Å². The van der Waals surface area contributed by atoms with E-state index in [0.29, 0.717) is 24.3 Å². The Bertz CT molecular complexity index is 1150. The fourth-order valence-corrected chi connectivity index (χ4v) is 4.87. The third-order valence-corrected chi connectivity index (χ3v) is 7.30. The van der Waals surface area contributed by atoms with Crippen LogP contribution in [-0.4, -0.2) is 52.9 Å². The molecule has 0 bridgehead atoms. The number of aromatic nitrogens is 2. The van der Waals surface area contributed by atoms with E-state index in [2.05, 4.69) is 15.3 Å². The van der Waals surface area contributed by atoms with Crippen molar-refractivity contribution in [2.75, 3.05) is 41.3 Å². The molecule has 3 aliphatic rings. The predicted molar refractivity (Wildman–Crippen MR) is 123 cm³/mol. The number of benzene rings is 1. The monoisotopic (exact) mass is 490 g/mol. The van der Waals surface area contributed by atoms with E-state index in [1.165, 1.54) is 12.3 Å². The van der Waals surface area contributed by atoms with Crippen LogP contribution in [0.1, 0.15) is 48.9 Å². The third kappa shape index (κ3) is 4.87. The summed E-state index contributed by atoms with van der Waals surface area (Å²) in [4.78, 5) is 35.6. The van der Waals surface area contributed by atoms with Gasteiger partial charge in [0.2, 0.25) is 5.95 Å². The molecule has 1 aliphatic carbocycles. The molecule has 3 heterocycles. The summed E-state index contributed by atoms with van der Waals surface area (Å²) in [6, 6.07) is 3.52. The van der Waals surface area contributed by atoms with Gasteiger partial charge in [0.05, 0.1) is 22.2 Å². The number of nitrogens with zero attached hydrogens (tertiary/aromatic N) is 5. The fraction of sp³-hybridized carbons (Fsp3) is 0.522. The van der Waals surface area contributed by atoms with E-state index in [1.807, 2.05) is 4.90 Å². The second-order valence-corrected chi connectivity index (χ2v) is 9.60. The number of nitro benzene ring substituents is 1. The minimum atomic E-state index is -2.71. The molecule has 9 nitrogen and oxygen atoms in total. The van der Waals surface area contributed by atoms with Crippen LogP contribution in [0.4, 0.5) is 36.3 Å². The number of carbonyl (C=O) groups is 1. The zero-order chi connectivity index (χ0) is 24.8. The fourth-order valence-electron chi connectivity index (χ4n) is 4.87. The maximum absolute atomic E-state index is 15.1. The van der Waals surface area contributed by atoms with Crippen molar-refractivity contribution in [3.8, 4) is 0 Å². The SMILES string of the molecule is O=C(Nc1nccc(N2CCC(F)(F)CC2)n1)c1c(F)cc([N+](=O)[O-])cc1N1CCC2(CC1)CC2. The van der Waals surface area contributed by atoms with Crippen molar-refractivity contribution in [2.45, 2.75) is 44.4 Å². The summed E-state index contributed by atoms with van der Waals surface area (Å²) < 4.78 is 42.1. The maximum Gasteiger partial charge on any atom is 0.274 e. The quantitative estimate of drug-likeness (QED) is 0.490. The normalized spacial score (nSPS) is 20.5. The number of piperidine rings is 2. The van der Waals surface area contributed by atoms with E-state index in [-0.39, 0.29) is 43.1 Å². The standard InChI is InChI=1S/C23H25F3N6O3/c24-16-13-15(32(34)35)14-17(30-9-4-22(2-3-22)5-10-30)19(16)20(33)29-21-27-8-1-18(28-21)31-11-6-23(25,26)7-12-31/h1,8,13-14H,2-7,9-12H2,(H,27,28,29,33). The van der Waals surface area contributed by atoms with Crippen LogP contribution in [0.25, 0.3) is 0 Å². The van der Waals surface area contributed by atoms with Crippen LogP contribution in [-0.2, 0) is 0 Å². The van der Waals surface area contributed by atoms with Crippen molar-refractivity contribution in [3.63, 3.8) is 0 Å². The van der Waals surface area contributed by atoms with Gasteiger partial charge in [0.15, 0.2) is 0 Å². The highest BCUT2D eigenvalue weighted by atomic mass is 19.3. The number of alkyl halides is 2. The molecule has 0 radical (unpaired) electrons. The zero-order valence-corrected chi connectivity index (χ0v) is 19.0. The van der Waals surface area contributed by atoms with Crippen LogP contribution in [0.2, 0.25) is 0 Å². The van der Waals surface area contributed by atoms with Crippen LogP contribution in [0.15, 0.2) is 24.4 Å². The highest BCUT2D eigenvalue weighted by molar-refractivity contribution is 6.08. The van der Waals surface area contributed by atoms with Crippen molar-refractivity contribution in [1.29, 1.82) is 0 Å². The van der Waals surface area contributed by atoms with Gasteiger partial charge in [-0.3, -0.25) is 20.2 Å². The molecular weight excluding hydrogens is 465 g/mol. The average Bonchev–Trinajstić information content (AvgIpc) is 3.57. The molecule has 1 aromatic heterocycles. The number of halogens is 3. The van der Waals surface area contributed by atoms with Crippen LogP contribution >= 0.6 is 0 Å². The summed E-state index contributed by atoms with van der Waals surface area (Å²) in [7, 11) is 0. The first kappa shape index (κ1) is 23.3. The minimum absolute atomic E-state index is 0.106. The van der Waals surface area contributed by atoms with Crippen molar-refractivity contribution < 1.29 is 22.9 Å². The van der Waals surface area contributed by atoms with Crippen molar-refractivity contribution in [1.82, 2.24) is 9.97 Å². The van der Waals surface area contributed by atoms with E-state index in [0.717, 1.165) is 31.7 Å². The van der Waals surface area contributed by atoms with Crippen molar-refractivity contribution >= 4 is 29.0 Å². The first-order chi connectivity index (χ1) is 16.6. The number of nitrogens with one attached hydrogen (secondary N) is 1. The first-order valence-electron chi connectivity index (χ1n) is 11.6. The lowest BCUT2D eigenvalue weighted by Crippen LogP contribution is -2.39. The van der Waals surface area contributed by atoms with Gasteiger partial charge in [-0.1, -0.05) is 0 Å². The molecule has 2 aromatic rings. The first-order valence-corrected chi connectivity index (χ1v) is 11.6. The molecule has 0 atom stereocenters. The van der Waals surface area contributed by atoms with Gasteiger partial charge in [-0.2, -0.15) is 4.98 Å². The topological polar surface area (TPSA) is 104 Å². The second-order valence-electron chi connectivity index (χ2n) is 9.60.